The minimum Gasteiger partial charge on any atom is -0.479 e. The lowest BCUT2D eigenvalue weighted by Gasteiger charge is -2.19. The molecule has 3 rings (SSSR count). The van der Waals surface area contributed by atoms with Crippen molar-refractivity contribution in [3.05, 3.63) is 47.7 Å². The van der Waals surface area contributed by atoms with Crippen LogP contribution in [-0.4, -0.2) is 31.3 Å². The zero-order valence-electron chi connectivity index (χ0n) is 12.3. The molecular weight excluding hydrogens is 284 g/mol. The van der Waals surface area contributed by atoms with Crippen molar-refractivity contribution in [3.63, 3.8) is 0 Å². The van der Waals surface area contributed by atoms with Crippen LogP contribution in [0, 0.1) is 5.92 Å². The normalized spacial score (nSPS) is 20.8. The number of aromatic nitrogens is 1. The Bertz CT molecular complexity index is 626. The van der Waals surface area contributed by atoms with Gasteiger partial charge in [-0.1, -0.05) is 30.3 Å². The van der Waals surface area contributed by atoms with E-state index in [2.05, 4.69) is 10.5 Å². The number of hydrogen-bond acceptors (Lipinski definition) is 5. The van der Waals surface area contributed by atoms with Gasteiger partial charge in [0.2, 0.25) is 5.76 Å². The van der Waals surface area contributed by atoms with E-state index in [1.54, 1.807) is 0 Å². The lowest BCUT2D eigenvalue weighted by molar-refractivity contribution is 0.0827. The highest BCUT2D eigenvalue weighted by molar-refractivity contribution is 5.91. The highest BCUT2D eigenvalue weighted by Crippen LogP contribution is 2.33. The van der Waals surface area contributed by atoms with Gasteiger partial charge >= 0.3 is 0 Å². The monoisotopic (exact) mass is 302 g/mol. The van der Waals surface area contributed by atoms with E-state index in [1.807, 2.05) is 30.3 Å². The number of amides is 1. The van der Waals surface area contributed by atoms with E-state index in [9.17, 15) is 4.79 Å². The zero-order chi connectivity index (χ0) is 15.4. The molecule has 1 aliphatic rings. The van der Waals surface area contributed by atoms with Gasteiger partial charge in [0.25, 0.3) is 11.8 Å². The van der Waals surface area contributed by atoms with Gasteiger partial charge in [0.05, 0.1) is 19.3 Å². The Labute approximate surface area is 128 Å². The third kappa shape index (κ3) is 3.12. The lowest BCUT2D eigenvalue weighted by Crippen LogP contribution is -2.30. The second kappa shape index (κ2) is 6.62. The molecule has 0 radical (unpaired) electrons. The number of methoxy groups -OCH3 is 1. The first-order valence-corrected chi connectivity index (χ1v) is 7.23. The van der Waals surface area contributed by atoms with Crippen LogP contribution >= 0.6 is 0 Å². The molecule has 6 nitrogen and oxygen atoms in total. The third-order valence-electron chi connectivity index (χ3n) is 3.79. The first-order valence-electron chi connectivity index (χ1n) is 7.23. The largest absolute Gasteiger partial charge is 0.479 e. The minimum absolute atomic E-state index is 0.0192. The third-order valence-corrected chi connectivity index (χ3v) is 3.79. The molecule has 22 heavy (non-hydrogen) atoms. The molecule has 116 valence electrons. The van der Waals surface area contributed by atoms with E-state index in [4.69, 9.17) is 14.0 Å². The molecule has 0 spiro atoms. The van der Waals surface area contributed by atoms with Crippen molar-refractivity contribution in [2.45, 2.75) is 12.5 Å². The summed E-state index contributed by atoms with van der Waals surface area (Å²) >= 11 is 0. The van der Waals surface area contributed by atoms with Crippen LogP contribution in [0.25, 0.3) is 0 Å². The van der Waals surface area contributed by atoms with Gasteiger partial charge in [-0.2, -0.15) is 0 Å². The summed E-state index contributed by atoms with van der Waals surface area (Å²) in [6.45, 7) is 1.23. The Morgan fingerprint density at radius 2 is 2.23 bits per heavy atom. The summed E-state index contributed by atoms with van der Waals surface area (Å²) in [6.07, 6.45) is 0.935. The molecule has 2 atom stereocenters. The first kappa shape index (κ1) is 14.6. The van der Waals surface area contributed by atoms with Crippen molar-refractivity contribution in [3.8, 4) is 5.88 Å². The van der Waals surface area contributed by atoms with Crippen LogP contribution in [-0.2, 0) is 4.74 Å². The van der Waals surface area contributed by atoms with E-state index in [-0.39, 0.29) is 29.6 Å². The molecule has 2 heterocycles. The molecule has 0 unspecified atom stereocenters. The maximum atomic E-state index is 12.0. The number of carbonyl (C=O) groups excluding carboxylic acids is 1. The fourth-order valence-corrected chi connectivity index (χ4v) is 2.63. The van der Waals surface area contributed by atoms with Crippen LogP contribution < -0.4 is 10.1 Å². The molecule has 1 aromatic heterocycles. The summed E-state index contributed by atoms with van der Waals surface area (Å²) in [7, 11) is 1.47. The lowest BCUT2D eigenvalue weighted by atomic mass is 9.95. The predicted octanol–water partition coefficient (Wildman–Crippen LogP) is 2.19. The summed E-state index contributed by atoms with van der Waals surface area (Å²) in [5, 5.41) is 6.49. The van der Waals surface area contributed by atoms with Gasteiger partial charge < -0.3 is 19.3 Å². The molecule has 0 bridgehead atoms. The number of ether oxygens (including phenoxy) is 2. The van der Waals surface area contributed by atoms with Crippen molar-refractivity contribution in [2.75, 3.05) is 20.3 Å². The van der Waals surface area contributed by atoms with E-state index >= 15 is 0 Å². The molecule has 1 aliphatic heterocycles. The Hall–Kier alpha value is -2.34. The van der Waals surface area contributed by atoms with Crippen LogP contribution in [0.1, 0.15) is 28.6 Å². The Morgan fingerprint density at radius 3 is 2.95 bits per heavy atom. The minimum atomic E-state index is -0.297. The van der Waals surface area contributed by atoms with E-state index in [0.717, 1.165) is 12.0 Å². The summed E-state index contributed by atoms with van der Waals surface area (Å²) in [5.41, 5.74) is 1.14. The van der Waals surface area contributed by atoms with Gasteiger partial charge in [-0.05, 0) is 17.1 Å². The van der Waals surface area contributed by atoms with Gasteiger partial charge in [0, 0.05) is 19.1 Å². The molecule has 1 aromatic carbocycles. The first-order chi connectivity index (χ1) is 10.8. The smallest absolute Gasteiger partial charge is 0.290 e. The molecule has 1 saturated heterocycles. The standard InChI is InChI=1S/C16H18N2O4/c1-20-14-9-13(22-18-14)16(19)17-10-12-7-8-21-15(12)11-5-3-2-4-6-11/h2-6,9,12,15H,7-8,10H2,1H3,(H,17,19)/t12-,15-/m0/s1. The molecule has 1 N–H and O–H groups in total. The number of nitrogens with one attached hydrogen (secondary N) is 1. The van der Waals surface area contributed by atoms with Gasteiger partial charge in [-0.3, -0.25) is 4.79 Å². The topological polar surface area (TPSA) is 73.6 Å². The van der Waals surface area contributed by atoms with Crippen molar-refractivity contribution in [2.24, 2.45) is 5.92 Å². The highest BCUT2D eigenvalue weighted by Gasteiger charge is 2.30. The van der Waals surface area contributed by atoms with Crippen molar-refractivity contribution >= 4 is 5.91 Å². The maximum Gasteiger partial charge on any atom is 0.290 e. The average Bonchev–Trinajstić information content (AvgIpc) is 3.22. The summed E-state index contributed by atoms with van der Waals surface area (Å²) < 4.78 is 15.6. The molecule has 1 amide bonds. The van der Waals surface area contributed by atoms with Crippen LogP contribution in [0.15, 0.2) is 40.9 Å². The average molecular weight is 302 g/mol. The van der Waals surface area contributed by atoms with Gasteiger partial charge in [0.1, 0.15) is 0 Å². The Balaban J connectivity index is 1.59. The summed E-state index contributed by atoms with van der Waals surface area (Å²) in [6, 6.07) is 11.5. The van der Waals surface area contributed by atoms with E-state index in [0.29, 0.717) is 13.2 Å². The summed E-state index contributed by atoms with van der Waals surface area (Å²) in [4.78, 5) is 12.0. The number of hydrogen-bond donors (Lipinski definition) is 1. The number of rotatable bonds is 5. The second-order valence-electron chi connectivity index (χ2n) is 5.19. The fourth-order valence-electron chi connectivity index (χ4n) is 2.63. The van der Waals surface area contributed by atoms with E-state index in [1.165, 1.54) is 13.2 Å². The molecule has 6 heteroatoms. The molecule has 0 saturated carbocycles. The Morgan fingerprint density at radius 1 is 1.41 bits per heavy atom. The maximum absolute atomic E-state index is 12.0. The van der Waals surface area contributed by atoms with Gasteiger partial charge in [-0.25, -0.2) is 0 Å². The zero-order valence-corrected chi connectivity index (χ0v) is 12.3. The molecule has 0 aliphatic carbocycles. The molecule has 2 aromatic rings. The molecule has 1 fully saturated rings. The van der Waals surface area contributed by atoms with Crippen LogP contribution in [0.3, 0.4) is 0 Å². The van der Waals surface area contributed by atoms with Gasteiger partial charge in [0.15, 0.2) is 0 Å². The van der Waals surface area contributed by atoms with Crippen molar-refractivity contribution < 1.29 is 18.8 Å². The summed E-state index contributed by atoms with van der Waals surface area (Å²) in [5.74, 6) is 0.384. The predicted molar refractivity (Wildman–Crippen MR) is 78.6 cm³/mol. The number of benzene rings is 1. The quantitative estimate of drug-likeness (QED) is 0.916. The van der Waals surface area contributed by atoms with Crippen LogP contribution in [0.5, 0.6) is 5.88 Å². The number of nitrogens with zero attached hydrogens (tertiary/aromatic N) is 1. The van der Waals surface area contributed by atoms with Gasteiger partial charge in [-0.15, -0.1) is 0 Å². The SMILES string of the molecule is COc1cc(C(=O)NC[C@@H]2CCO[C@H]2c2ccccc2)on1. The Kier molecular flexibility index (Phi) is 4.39. The highest BCUT2D eigenvalue weighted by atomic mass is 16.5. The molecular formula is C16H18N2O4. The van der Waals surface area contributed by atoms with Crippen LogP contribution in [0.4, 0.5) is 0 Å². The fraction of sp³-hybridized carbons (Fsp3) is 0.375. The van der Waals surface area contributed by atoms with E-state index < -0.39 is 0 Å². The van der Waals surface area contributed by atoms with Crippen molar-refractivity contribution in [1.82, 2.24) is 10.5 Å². The van der Waals surface area contributed by atoms with Crippen molar-refractivity contribution in [1.29, 1.82) is 0 Å². The van der Waals surface area contributed by atoms with Crippen LogP contribution in [0.2, 0.25) is 0 Å². The second-order valence-corrected chi connectivity index (χ2v) is 5.19. The number of carbonyl (C=O) groups is 1.